The first-order valence-corrected chi connectivity index (χ1v) is 6.85. The lowest BCUT2D eigenvalue weighted by atomic mass is 9.79. The number of hydrogen-bond donors (Lipinski definition) is 0. The molecule has 0 aromatic heterocycles. The first-order valence-electron chi connectivity index (χ1n) is 6.85. The highest BCUT2D eigenvalue weighted by Crippen LogP contribution is 2.42. The van der Waals surface area contributed by atoms with Gasteiger partial charge in [0.05, 0.1) is 0 Å². The lowest BCUT2D eigenvalue weighted by molar-refractivity contribution is 0.407. The van der Waals surface area contributed by atoms with E-state index in [4.69, 9.17) is 0 Å². The summed E-state index contributed by atoms with van der Waals surface area (Å²) in [7, 11) is 0. The Kier molecular flexibility index (Phi) is 3.68. The van der Waals surface area contributed by atoms with Gasteiger partial charge >= 0.3 is 0 Å². The minimum absolute atomic E-state index is 0.477. The highest BCUT2D eigenvalue weighted by molar-refractivity contribution is 5.38. The molecule has 1 atom stereocenters. The van der Waals surface area contributed by atoms with Crippen LogP contribution in [0.1, 0.15) is 63.5 Å². The number of aryl methyl sites for hydroxylation is 1. The van der Waals surface area contributed by atoms with Crippen LogP contribution in [0.5, 0.6) is 0 Å². The molecule has 1 unspecified atom stereocenters. The molecule has 0 aliphatic heterocycles. The number of hydrogen-bond acceptors (Lipinski definition) is 0. The van der Waals surface area contributed by atoms with E-state index in [0.29, 0.717) is 5.41 Å². The van der Waals surface area contributed by atoms with Gasteiger partial charge in [0.2, 0.25) is 0 Å². The van der Waals surface area contributed by atoms with Crippen molar-refractivity contribution in [3.8, 4) is 0 Å². The number of benzene rings is 1. The molecule has 0 heteroatoms. The topological polar surface area (TPSA) is 0 Å². The van der Waals surface area contributed by atoms with Gasteiger partial charge in [-0.2, -0.15) is 0 Å². The monoisotopic (exact) mass is 216 g/mol. The summed E-state index contributed by atoms with van der Waals surface area (Å²) >= 11 is 0. The van der Waals surface area contributed by atoms with Crippen molar-refractivity contribution < 1.29 is 0 Å². The van der Waals surface area contributed by atoms with Gasteiger partial charge in [0, 0.05) is 0 Å². The van der Waals surface area contributed by atoms with E-state index in [1.165, 1.54) is 44.9 Å². The summed E-state index contributed by atoms with van der Waals surface area (Å²) in [5.74, 6) is 0. The van der Waals surface area contributed by atoms with Gasteiger partial charge in [-0.05, 0) is 35.8 Å². The summed E-state index contributed by atoms with van der Waals surface area (Å²) in [4.78, 5) is 0. The van der Waals surface area contributed by atoms with E-state index in [-0.39, 0.29) is 0 Å². The van der Waals surface area contributed by atoms with Crippen LogP contribution in [-0.2, 0) is 11.8 Å². The van der Waals surface area contributed by atoms with E-state index in [9.17, 15) is 0 Å². The standard InChI is InChI=1S/C16H24/c1-3-4-5-8-12-16(2)13-11-14-9-6-7-10-15(14)16/h6-7,9-10H,3-5,8,11-13H2,1-2H3. The Labute approximate surface area is 100 Å². The van der Waals surface area contributed by atoms with E-state index in [1.54, 1.807) is 11.1 Å². The Morgan fingerprint density at radius 2 is 1.94 bits per heavy atom. The predicted octanol–water partition coefficient (Wildman–Crippen LogP) is 4.86. The average molecular weight is 216 g/mol. The minimum Gasteiger partial charge on any atom is -0.0654 e. The molecule has 0 radical (unpaired) electrons. The van der Waals surface area contributed by atoms with Crippen LogP contribution < -0.4 is 0 Å². The fourth-order valence-corrected chi connectivity index (χ4v) is 3.07. The molecule has 0 nitrogen and oxygen atoms in total. The Morgan fingerprint density at radius 1 is 1.12 bits per heavy atom. The van der Waals surface area contributed by atoms with Gasteiger partial charge in [0.25, 0.3) is 0 Å². The maximum Gasteiger partial charge on any atom is -0.00694 e. The average Bonchev–Trinajstić information content (AvgIpc) is 2.64. The molecule has 2 rings (SSSR count). The molecule has 1 aromatic rings. The second kappa shape index (κ2) is 5.03. The van der Waals surface area contributed by atoms with Crippen molar-refractivity contribution in [2.45, 2.75) is 64.2 Å². The lowest BCUT2D eigenvalue weighted by Crippen LogP contribution is -2.17. The molecule has 0 fully saturated rings. The molecule has 16 heavy (non-hydrogen) atoms. The van der Waals surface area contributed by atoms with Gasteiger partial charge in [0.1, 0.15) is 0 Å². The summed E-state index contributed by atoms with van der Waals surface area (Å²) in [6.07, 6.45) is 9.58. The van der Waals surface area contributed by atoms with Crippen molar-refractivity contribution in [1.29, 1.82) is 0 Å². The zero-order valence-electron chi connectivity index (χ0n) is 10.8. The number of unbranched alkanes of at least 4 members (excludes halogenated alkanes) is 3. The molecule has 0 amide bonds. The Morgan fingerprint density at radius 3 is 2.75 bits per heavy atom. The van der Waals surface area contributed by atoms with Crippen LogP contribution in [0.15, 0.2) is 24.3 Å². The summed E-state index contributed by atoms with van der Waals surface area (Å²) in [5.41, 5.74) is 3.71. The zero-order valence-corrected chi connectivity index (χ0v) is 10.8. The third-order valence-electron chi connectivity index (χ3n) is 4.20. The summed E-state index contributed by atoms with van der Waals surface area (Å²) in [5, 5.41) is 0. The number of rotatable bonds is 5. The second-order valence-corrected chi connectivity index (χ2v) is 5.53. The van der Waals surface area contributed by atoms with Crippen LogP contribution in [0.3, 0.4) is 0 Å². The Bertz CT molecular complexity index is 340. The molecule has 0 saturated carbocycles. The molecule has 1 aromatic carbocycles. The van der Waals surface area contributed by atoms with E-state index in [1.807, 2.05) is 0 Å². The quantitative estimate of drug-likeness (QED) is 0.616. The fourth-order valence-electron chi connectivity index (χ4n) is 3.07. The van der Waals surface area contributed by atoms with Crippen molar-refractivity contribution in [1.82, 2.24) is 0 Å². The molecule has 0 saturated heterocycles. The van der Waals surface area contributed by atoms with Crippen LogP contribution in [0.2, 0.25) is 0 Å². The lowest BCUT2D eigenvalue weighted by Gasteiger charge is -2.25. The van der Waals surface area contributed by atoms with Crippen LogP contribution in [-0.4, -0.2) is 0 Å². The molecule has 0 heterocycles. The predicted molar refractivity (Wildman–Crippen MR) is 70.9 cm³/mol. The van der Waals surface area contributed by atoms with Crippen LogP contribution in [0.25, 0.3) is 0 Å². The first kappa shape index (κ1) is 11.7. The molecule has 0 N–H and O–H groups in total. The molecule has 1 aliphatic rings. The highest BCUT2D eigenvalue weighted by atomic mass is 14.4. The summed E-state index contributed by atoms with van der Waals surface area (Å²) < 4.78 is 0. The van der Waals surface area contributed by atoms with Gasteiger partial charge in [-0.25, -0.2) is 0 Å². The zero-order chi connectivity index (χ0) is 11.4. The van der Waals surface area contributed by atoms with Gasteiger partial charge in [-0.15, -0.1) is 0 Å². The van der Waals surface area contributed by atoms with E-state index in [0.717, 1.165) is 0 Å². The van der Waals surface area contributed by atoms with Gasteiger partial charge in [0.15, 0.2) is 0 Å². The maximum atomic E-state index is 2.46. The van der Waals surface area contributed by atoms with Gasteiger partial charge in [-0.1, -0.05) is 63.8 Å². The van der Waals surface area contributed by atoms with Crippen molar-refractivity contribution in [3.05, 3.63) is 35.4 Å². The molecular formula is C16H24. The van der Waals surface area contributed by atoms with Crippen LogP contribution in [0, 0.1) is 0 Å². The van der Waals surface area contributed by atoms with Crippen molar-refractivity contribution in [2.75, 3.05) is 0 Å². The molecule has 1 aliphatic carbocycles. The smallest absolute Gasteiger partial charge is 0.00694 e. The third-order valence-corrected chi connectivity index (χ3v) is 4.20. The Balaban J connectivity index is 1.99. The fraction of sp³-hybridized carbons (Fsp3) is 0.625. The normalized spacial score (nSPS) is 23.4. The third kappa shape index (κ3) is 2.31. The maximum absolute atomic E-state index is 2.46. The van der Waals surface area contributed by atoms with E-state index >= 15 is 0 Å². The van der Waals surface area contributed by atoms with E-state index in [2.05, 4.69) is 38.1 Å². The highest BCUT2D eigenvalue weighted by Gasteiger charge is 2.32. The summed E-state index contributed by atoms with van der Waals surface area (Å²) in [6, 6.07) is 9.05. The van der Waals surface area contributed by atoms with Crippen LogP contribution in [0.4, 0.5) is 0 Å². The minimum atomic E-state index is 0.477. The molecular weight excluding hydrogens is 192 g/mol. The largest absolute Gasteiger partial charge is 0.0654 e. The van der Waals surface area contributed by atoms with Gasteiger partial charge in [-0.3, -0.25) is 0 Å². The van der Waals surface area contributed by atoms with E-state index < -0.39 is 0 Å². The first-order chi connectivity index (χ1) is 7.76. The second-order valence-electron chi connectivity index (χ2n) is 5.53. The number of fused-ring (bicyclic) bond motifs is 1. The summed E-state index contributed by atoms with van der Waals surface area (Å²) in [6.45, 7) is 4.75. The van der Waals surface area contributed by atoms with Crippen molar-refractivity contribution in [2.24, 2.45) is 0 Å². The Hall–Kier alpha value is -0.780. The molecule has 0 bridgehead atoms. The molecule has 0 spiro atoms. The van der Waals surface area contributed by atoms with Crippen LogP contribution >= 0.6 is 0 Å². The van der Waals surface area contributed by atoms with Crippen molar-refractivity contribution >= 4 is 0 Å². The molecule has 88 valence electrons. The SMILES string of the molecule is CCCCCCC1(C)CCc2ccccc21. The van der Waals surface area contributed by atoms with Gasteiger partial charge < -0.3 is 0 Å². The van der Waals surface area contributed by atoms with Crippen molar-refractivity contribution in [3.63, 3.8) is 0 Å².